The molecule has 1 amide bonds. The predicted molar refractivity (Wildman–Crippen MR) is 98.5 cm³/mol. The molecule has 3 heterocycles. The largest absolute Gasteiger partial charge is 0.468 e. The van der Waals surface area contributed by atoms with Gasteiger partial charge in [-0.25, -0.2) is 4.98 Å². The Morgan fingerprint density at radius 2 is 2.14 bits per heavy atom. The van der Waals surface area contributed by atoms with Crippen molar-refractivity contribution in [3.8, 4) is 5.88 Å². The predicted octanol–water partition coefficient (Wildman–Crippen LogP) is 1.81. The van der Waals surface area contributed by atoms with E-state index in [9.17, 15) is 18.0 Å². The van der Waals surface area contributed by atoms with Crippen LogP contribution in [-0.2, 0) is 6.54 Å². The van der Waals surface area contributed by atoms with Gasteiger partial charge < -0.3 is 15.8 Å². The lowest BCUT2D eigenvalue weighted by Gasteiger charge is -2.11. The van der Waals surface area contributed by atoms with Gasteiger partial charge in [-0.3, -0.25) is 14.5 Å². The topological polar surface area (TPSA) is 108 Å². The maximum atomic E-state index is 12.3. The third-order valence-electron chi connectivity index (χ3n) is 3.93. The van der Waals surface area contributed by atoms with Crippen LogP contribution in [0, 0.1) is 6.92 Å². The Kier molecular flexibility index (Phi) is 5.97. The third-order valence-corrected chi connectivity index (χ3v) is 3.93. The second-order valence-corrected chi connectivity index (χ2v) is 6.33. The number of nitrogens with zero attached hydrogens (tertiary/aromatic N) is 4. The summed E-state index contributed by atoms with van der Waals surface area (Å²) in [5.41, 5.74) is 7.43. The fourth-order valence-electron chi connectivity index (χ4n) is 2.72. The monoisotopic (exact) mass is 408 g/mol. The number of fused-ring (bicyclic) bond motifs is 1. The molecule has 0 bridgehead atoms. The van der Waals surface area contributed by atoms with Crippen LogP contribution in [0.2, 0.25) is 0 Å². The minimum atomic E-state index is -4.43. The molecule has 0 unspecified atom stereocenters. The number of ether oxygens (including phenoxy) is 1. The van der Waals surface area contributed by atoms with E-state index in [2.05, 4.69) is 20.4 Å². The molecule has 3 N–H and O–H groups in total. The van der Waals surface area contributed by atoms with E-state index in [-0.39, 0.29) is 17.5 Å². The average Bonchev–Trinajstić information content (AvgIpc) is 3.07. The van der Waals surface area contributed by atoms with Gasteiger partial charge in [-0.05, 0) is 24.6 Å². The lowest BCUT2D eigenvalue weighted by Crippen LogP contribution is -2.29. The van der Waals surface area contributed by atoms with Crippen molar-refractivity contribution >= 4 is 16.8 Å². The van der Waals surface area contributed by atoms with Crippen LogP contribution < -0.4 is 15.8 Å². The molecular weight excluding hydrogens is 389 g/mol. The number of pyridine rings is 2. The fraction of sp³-hybridized carbons (Fsp3) is 0.333. The number of aromatic nitrogens is 4. The summed E-state index contributed by atoms with van der Waals surface area (Å²) in [5.74, 6) is -0.413. The van der Waals surface area contributed by atoms with Gasteiger partial charge >= 0.3 is 6.18 Å². The van der Waals surface area contributed by atoms with Crippen LogP contribution in [0.15, 0.2) is 30.7 Å². The number of halogens is 3. The van der Waals surface area contributed by atoms with E-state index in [1.165, 1.54) is 12.4 Å². The standard InChI is InChI=1S/C18H19F3N6O2/c1-11-6-12(7-25-17(11)29-10-18(19,20)21)8-27-9-13-14(26-27)2-4-23-15(13)16(28)24-5-3-22/h2,4,6-7,9H,3,5,8,10,22H2,1H3,(H,24,28). The number of hydrogen-bond acceptors (Lipinski definition) is 6. The van der Waals surface area contributed by atoms with Gasteiger partial charge in [-0.2, -0.15) is 18.3 Å². The van der Waals surface area contributed by atoms with Crippen molar-refractivity contribution in [3.05, 3.63) is 47.5 Å². The molecule has 0 aliphatic carbocycles. The summed E-state index contributed by atoms with van der Waals surface area (Å²) < 4.78 is 43.2. The Morgan fingerprint density at radius 3 is 2.83 bits per heavy atom. The quantitative estimate of drug-likeness (QED) is 0.617. The Hall–Kier alpha value is -3.21. The minimum Gasteiger partial charge on any atom is -0.468 e. The first-order chi connectivity index (χ1) is 13.8. The molecule has 0 saturated heterocycles. The van der Waals surface area contributed by atoms with Crippen molar-refractivity contribution in [2.45, 2.75) is 19.6 Å². The maximum absolute atomic E-state index is 12.3. The van der Waals surface area contributed by atoms with E-state index in [1.54, 1.807) is 29.9 Å². The normalized spacial score (nSPS) is 11.6. The van der Waals surface area contributed by atoms with Crippen LogP contribution in [0.4, 0.5) is 13.2 Å². The van der Waals surface area contributed by atoms with Crippen molar-refractivity contribution in [1.82, 2.24) is 25.1 Å². The summed E-state index contributed by atoms with van der Waals surface area (Å²) in [5, 5.41) is 7.67. The fourth-order valence-corrected chi connectivity index (χ4v) is 2.72. The van der Waals surface area contributed by atoms with Gasteiger partial charge in [-0.15, -0.1) is 0 Å². The van der Waals surface area contributed by atoms with E-state index in [4.69, 9.17) is 10.5 Å². The van der Waals surface area contributed by atoms with E-state index >= 15 is 0 Å². The van der Waals surface area contributed by atoms with Gasteiger partial charge in [-0.1, -0.05) is 0 Å². The number of nitrogens with two attached hydrogens (primary N) is 1. The van der Waals surface area contributed by atoms with Crippen LogP contribution >= 0.6 is 0 Å². The SMILES string of the molecule is Cc1cc(Cn2cc3c(C(=O)NCCN)nccc3n2)cnc1OCC(F)(F)F. The van der Waals surface area contributed by atoms with E-state index in [0.717, 1.165) is 5.56 Å². The molecule has 0 fully saturated rings. The number of aryl methyl sites for hydroxylation is 1. The molecule has 0 aromatic carbocycles. The molecule has 11 heteroatoms. The zero-order valence-corrected chi connectivity index (χ0v) is 15.5. The highest BCUT2D eigenvalue weighted by Gasteiger charge is 2.29. The number of nitrogens with one attached hydrogen (secondary N) is 1. The zero-order valence-electron chi connectivity index (χ0n) is 15.5. The van der Waals surface area contributed by atoms with Gasteiger partial charge in [0.1, 0.15) is 5.69 Å². The van der Waals surface area contributed by atoms with Crippen LogP contribution in [0.1, 0.15) is 21.6 Å². The summed E-state index contributed by atoms with van der Waals surface area (Å²) in [7, 11) is 0. The summed E-state index contributed by atoms with van der Waals surface area (Å²) in [4.78, 5) is 20.3. The highest BCUT2D eigenvalue weighted by molar-refractivity contribution is 6.04. The van der Waals surface area contributed by atoms with E-state index in [0.29, 0.717) is 36.1 Å². The van der Waals surface area contributed by atoms with Gasteiger partial charge in [0.2, 0.25) is 5.88 Å². The van der Waals surface area contributed by atoms with Gasteiger partial charge in [0, 0.05) is 37.2 Å². The van der Waals surface area contributed by atoms with Crippen LogP contribution in [0.25, 0.3) is 10.9 Å². The zero-order chi connectivity index (χ0) is 21.0. The van der Waals surface area contributed by atoms with Gasteiger partial charge in [0.05, 0.1) is 17.4 Å². The number of alkyl halides is 3. The number of rotatable bonds is 7. The Balaban J connectivity index is 1.78. The van der Waals surface area contributed by atoms with Crippen molar-refractivity contribution in [2.24, 2.45) is 5.73 Å². The Morgan fingerprint density at radius 1 is 1.34 bits per heavy atom. The van der Waals surface area contributed by atoms with Crippen LogP contribution in [0.5, 0.6) is 5.88 Å². The highest BCUT2D eigenvalue weighted by atomic mass is 19.4. The van der Waals surface area contributed by atoms with Crippen molar-refractivity contribution in [2.75, 3.05) is 19.7 Å². The molecular formula is C18H19F3N6O2. The molecule has 8 nitrogen and oxygen atoms in total. The summed E-state index contributed by atoms with van der Waals surface area (Å²) in [6, 6.07) is 3.36. The lowest BCUT2D eigenvalue weighted by molar-refractivity contribution is -0.154. The molecule has 0 spiro atoms. The van der Waals surface area contributed by atoms with Crippen molar-refractivity contribution in [3.63, 3.8) is 0 Å². The van der Waals surface area contributed by atoms with E-state index < -0.39 is 12.8 Å². The van der Waals surface area contributed by atoms with E-state index in [1.807, 2.05) is 0 Å². The molecule has 0 radical (unpaired) electrons. The molecule has 0 saturated carbocycles. The van der Waals surface area contributed by atoms with Crippen LogP contribution in [0.3, 0.4) is 0 Å². The van der Waals surface area contributed by atoms with Gasteiger partial charge in [0.15, 0.2) is 6.61 Å². The van der Waals surface area contributed by atoms with Crippen molar-refractivity contribution < 1.29 is 22.7 Å². The molecule has 0 aliphatic rings. The maximum Gasteiger partial charge on any atom is 0.422 e. The molecule has 0 aliphatic heterocycles. The highest BCUT2D eigenvalue weighted by Crippen LogP contribution is 2.21. The van der Waals surface area contributed by atoms with Gasteiger partial charge in [0.25, 0.3) is 5.91 Å². The molecule has 29 heavy (non-hydrogen) atoms. The average molecular weight is 408 g/mol. The number of carbonyl (C=O) groups is 1. The Labute approximate surface area is 163 Å². The first-order valence-electron chi connectivity index (χ1n) is 8.72. The van der Waals surface area contributed by atoms with Crippen LogP contribution in [-0.4, -0.2) is 51.5 Å². The lowest BCUT2D eigenvalue weighted by atomic mass is 10.2. The number of amides is 1. The van der Waals surface area contributed by atoms with Crippen molar-refractivity contribution in [1.29, 1.82) is 0 Å². The molecule has 3 rings (SSSR count). The first-order valence-corrected chi connectivity index (χ1v) is 8.72. The molecule has 0 atom stereocenters. The number of hydrogen-bond donors (Lipinski definition) is 2. The second kappa shape index (κ2) is 8.43. The molecule has 154 valence electrons. The number of carbonyl (C=O) groups excluding carboxylic acids is 1. The summed E-state index contributed by atoms with van der Waals surface area (Å²) >= 11 is 0. The minimum absolute atomic E-state index is 0.0697. The summed E-state index contributed by atoms with van der Waals surface area (Å²) in [6.45, 7) is 1.18. The third kappa shape index (κ3) is 5.19. The smallest absolute Gasteiger partial charge is 0.422 e. The summed E-state index contributed by atoms with van der Waals surface area (Å²) in [6.07, 6.45) is 0.181. The first kappa shape index (κ1) is 20.5. The Bertz CT molecular complexity index is 1020. The molecule has 3 aromatic heterocycles. The second-order valence-electron chi connectivity index (χ2n) is 6.33. The molecule has 3 aromatic rings.